The number of nitrogens with zero attached hydrogens (tertiary/aromatic N) is 1. The van der Waals surface area contributed by atoms with E-state index in [9.17, 15) is 0 Å². The molecule has 1 aliphatic rings. The van der Waals surface area contributed by atoms with Gasteiger partial charge in [-0.2, -0.15) is 0 Å². The van der Waals surface area contributed by atoms with Crippen molar-refractivity contribution in [3.8, 4) is 22.3 Å². The molecule has 2 heterocycles. The van der Waals surface area contributed by atoms with Gasteiger partial charge < -0.3 is 13.7 Å². The molecule has 0 saturated carbocycles. The molecule has 0 fully saturated rings. The van der Waals surface area contributed by atoms with E-state index in [0.717, 1.165) is 78.5 Å². The van der Waals surface area contributed by atoms with Crippen molar-refractivity contribution in [3.05, 3.63) is 193 Å². The van der Waals surface area contributed by atoms with Gasteiger partial charge in [-0.25, -0.2) is 0 Å². The summed E-state index contributed by atoms with van der Waals surface area (Å²) in [5, 5.41) is 4.59. The van der Waals surface area contributed by atoms with Crippen LogP contribution < -0.4 is 4.90 Å². The molecule has 0 amide bonds. The van der Waals surface area contributed by atoms with Crippen LogP contribution in [0, 0.1) is 0 Å². The molecule has 7 aromatic carbocycles. The molecule has 248 valence electrons. The normalized spacial score (nSPS) is 15.8. The second kappa shape index (κ2) is 12.0. The zero-order chi connectivity index (χ0) is 34.6. The molecule has 0 saturated heterocycles. The Kier molecular flexibility index (Phi) is 7.00. The minimum atomic E-state index is -0.233. The monoisotopic (exact) mass is 669 g/mol. The summed E-state index contributed by atoms with van der Waals surface area (Å²) in [6, 6.07) is 57.8. The van der Waals surface area contributed by atoms with Gasteiger partial charge in [0.15, 0.2) is 0 Å². The Labute approximate surface area is 302 Å². The molecule has 0 bridgehead atoms. The maximum atomic E-state index is 6.49. The third kappa shape index (κ3) is 4.97. The fraction of sp³-hybridized carbons (Fsp3) is 0.0612. The number of allylic oxidation sites excluding steroid dienone is 3. The maximum absolute atomic E-state index is 6.49. The topological polar surface area (TPSA) is 29.5 Å². The number of benzene rings is 7. The summed E-state index contributed by atoms with van der Waals surface area (Å²) in [7, 11) is 0. The van der Waals surface area contributed by atoms with Crippen LogP contribution in [0.1, 0.15) is 18.9 Å². The van der Waals surface area contributed by atoms with E-state index < -0.39 is 0 Å². The lowest BCUT2D eigenvalue weighted by Gasteiger charge is -2.33. The molecular formula is C49H35NO2. The summed E-state index contributed by atoms with van der Waals surface area (Å²) >= 11 is 0. The molecule has 52 heavy (non-hydrogen) atoms. The Morgan fingerprint density at radius 1 is 0.500 bits per heavy atom. The largest absolute Gasteiger partial charge is 0.456 e. The van der Waals surface area contributed by atoms with E-state index in [1.807, 2.05) is 18.2 Å². The molecule has 0 spiro atoms. The van der Waals surface area contributed by atoms with E-state index >= 15 is 0 Å². The zero-order valence-electron chi connectivity index (χ0n) is 28.8. The molecule has 1 aliphatic carbocycles. The molecule has 3 nitrogen and oxygen atoms in total. The van der Waals surface area contributed by atoms with Crippen molar-refractivity contribution >= 4 is 55.3 Å². The quantitative estimate of drug-likeness (QED) is 0.176. The molecule has 10 rings (SSSR count). The summed E-state index contributed by atoms with van der Waals surface area (Å²) in [5.41, 5.74) is 12.6. The van der Waals surface area contributed by atoms with Gasteiger partial charge >= 0.3 is 0 Å². The predicted molar refractivity (Wildman–Crippen MR) is 216 cm³/mol. The van der Waals surface area contributed by atoms with Crippen molar-refractivity contribution in [2.75, 3.05) is 4.90 Å². The third-order valence-electron chi connectivity index (χ3n) is 10.7. The van der Waals surface area contributed by atoms with Crippen LogP contribution in [0.5, 0.6) is 0 Å². The summed E-state index contributed by atoms with van der Waals surface area (Å²) < 4.78 is 12.9. The smallest absolute Gasteiger partial charge is 0.143 e. The second-order valence-corrected chi connectivity index (χ2v) is 13.9. The average molecular weight is 670 g/mol. The highest BCUT2D eigenvalue weighted by Crippen LogP contribution is 2.44. The van der Waals surface area contributed by atoms with Gasteiger partial charge in [0.05, 0.1) is 0 Å². The predicted octanol–water partition coefficient (Wildman–Crippen LogP) is 13.8. The van der Waals surface area contributed by atoms with Crippen molar-refractivity contribution in [2.24, 2.45) is 0 Å². The lowest BCUT2D eigenvalue weighted by atomic mass is 9.76. The Morgan fingerprint density at radius 2 is 1.12 bits per heavy atom. The fourth-order valence-corrected chi connectivity index (χ4v) is 7.95. The second-order valence-electron chi connectivity index (χ2n) is 13.9. The van der Waals surface area contributed by atoms with Gasteiger partial charge in [-0.15, -0.1) is 0 Å². The summed E-state index contributed by atoms with van der Waals surface area (Å²) in [4.78, 5) is 2.37. The number of para-hydroxylation sites is 4. The number of hydrogen-bond donors (Lipinski definition) is 0. The van der Waals surface area contributed by atoms with Gasteiger partial charge in [0.25, 0.3) is 0 Å². The first-order valence-electron chi connectivity index (χ1n) is 17.9. The first-order chi connectivity index (χ1) is 25.6. The molecule has 0 radical (unpaired) electrons. The number of anilines is 2. The lowest BCUT2D eigenvalue weighted by Crippen LogP contribution is -2.24. The number of rotatable bonds is 6. The molecular weight excluding hydrogens is 635 g/mol. The molecule has 0 N–H and O–H groups in total. The summed E-state index contributed by atoms with van der Waals surface area (Å²) in [6.45, 7) is 2.31. The minimum absolute atomic E-state index is 0.233. The summed E-state index contributed by atoms with van der Waals surface area (Å²) in [5.74, 6) is 0. The van der Waals surface area contributed by atoms with E-state index in [1.165, 1.54) is 16.7 Å². The lowest BCUT2D eigenvalue weighted by molar-refractivity contribution is 0.577. The van der Waals surface area contributed by atoms with E-state index in [2.05, 4.69) is 176 Å². The minimum Gasteiger partial charge on any atom is -0.456 e. The van der Waals surface area contributed by atoms with Gasteiger partial charge in [0.2, 0.25) is 0 Å². The Balaban J connectivity index is 1.05. The van der Waals surface area contributed by atoms with Crippen LogP contribution in [-0.2, 0) is 5.41 Å². The average Bonchev–Trinajstić information content (AvgIpc) is 3.78. The highest BCUT2D eigenvalue weighted by atomic mass is 16.3. The number of furan rings is 2. The first kappa shape index (κ1) is 30.3. The van der Waals surface area contributed by atoms with E-state index in [-0.39, 0.29) is 5.41 Å². The SMILES string of the molecule is CC1(c2cccc3c2oc2ccccc23)C=CC(N(c2ccc(-c3cccc4c3oc3ccccc34)cc2)c2cccc(-c3ccccc3)c2)=CC1. The van der Waals surface area contributed by atoms with Crippen molar-refractivity contribution < 1.29 is 8.83 Å². The van der Waals surface area contributed by atoms with Crippen LogP contribution >= 0.6 is 0 Å². The van der Waals surface area contributed by atoms with Gasteiger partial charge in [0.1, 0.15) is 22.3 Å². The van der Waals surface area contributed by atoms with Gasteiger partial charge in [-0.05, 0) is 65.6 Å². The van der Waals surface area contributed by atoms with Crippen molar-refractivity contribution in [1.29, 1.82) is 0 Å². The van der Waals surface area contributed by atoms with Crippen molar-refractivity contribution in [2.45, 2.75) is 18.8 Å². The van der Waals surface area contributed by atoms with Gasteiger partial charge in [-0.3, -0.25) is 0 Å². The van der Waals surface area contributed by atoms with Crippen LogP contribution in [0.4, 0.5) is 11.4 Å². The first-order valence-corrected chi connectivity index (χ1v) is 17.9. The van der Waals surface area contributed by atoms with Crippen LogP contribution in [0.15, 0.2) is 197 Å². The standard InChI is InChI=1S/C49H35NO2/c1-49(44-21-11-20-43-41-17-6-8-23-46(41)52-48(43)44)30-28-37(29-31-49)50(38-15-9-14-35(32-38)33-12-3-2-4-13-33)36-26-24-34(25-27-36)39-18-10-19-42-40-16-5-7-22-45(40)51-47(39)42/h2-30,32H,31H2,1H3. The summed E-state index contributed by atoms with van der Waals surface area (Å²) in [6.07, 6.45) is 7.84. The van der Waals surface area contributed by atoms with Crippen molar-refractivity contribution in [1.82, 2.24) is 0 Å². The van der Waals surface area contributed by atoms with Crippen LogP contribution in [-0.4, -0.2) is 0 Å². The highest BCUT2D eigenvalue weighted by molar-refractivity contribution is 6.09. The highest BCUT2D eigenvalue weighted by Gasteiger charge is 2.30. The number of fused-ring (bicyclic) bond motifs is 6. The van der Waals surface area contributed by atoms with Crippen LogP contribution in [0.3, 0.4) is 0 Å². The zero-order valence-corrected chi connectivity index (χ0v) is 28.8. The molecule has 2 aromatic heterocycles. The molecule has 1 atom stereocenters. The van der Waals surface area contributed by atoms with Crippen LogP contribution in [0.25, 0.3) is 66.1 Å². The van der Waals surface area contributed by atoms with E-state index in [4.69, 9.17) is 8.83 Å². The molecule has 9 aromatic rings. The van der Waals surface area contributed by atoms with Gasteiger partial charge in [-0.1, -0.05) is 146 Å². The molecule has 0 aliphatic heterocycles. The fourth-order valence-electron chi connectivity index (χ4n) is 7.95. The third-order valence-corrected chi connectivity index (χ3v) is 10.7. The Morgan fingerprint density at radius 3 is 1.85 bits per heavy atom. The van der Waals surface area contributed by atoms with Crippen molar-refractivity contribution in [3.63, 3.8) is 0 Å². The van der Waals surface area contributed by atoms with Gasteiger partial charge in [0, 0.05) is 55.2 Å². The van der Waals surface area contributed by atoms with E-state index in [1.54, 1.807) is 0 Å². The maximum Gasteiger partial charge on any atom is 0.143 e. The van der Waals surface area contributed by atoms with Crippen LogP contribution in [0.2, 0.25) is 0 Å². The Hall–Kier alpha value is -6.58. The molecule has 3 heteroatoms. The Bertz CT molecular complexity index is 2840. The van der Waals surface area contributed by atoms with E-state index in [0.29, 0.717) is 0 Å². The number of hydrogen-bond acceptors (Lipinski definition) is 3. The molecule has 1 unspecified atom stereocenters.